The highest BCUT2D eigenvalue weighted by atomic mass is 16.3. The fourth-order valence-electron chi connectivity index (χ4n) is 3.80. The zero-order valence-electron chi connectivity index (χ0n) is 16.4. The van der Waals surface area contributed by atoms with Crippen LogP contribution in [0, 0.1) is 6.92 Å². The Balaban J connectivity index is 1.92. The second-order valence-electron chi connectivity index (χ2n) is 7.49. The number of hydrogen-bond donors (Lipinski definition) is 1. The number of para-hydroxylation sites is 1. The van der Waals surface area contributed by atoms with E-state index in [4.69, 9.17) is 9.97 Å². The Kier molecular flexibility index (Phi) is 4.63. The molecular formula is C22H24N4O2. The van der Waals surface area contributed by atoms with Gasteiger partial charge in [0.25, 0.3) is 0 Å². The number of anilines is 1. The number of carbonyl (C=O) groups is 1. The lowest BCUT2D eigenvalue weighted by molar-refractivity contribution is -0.129. The van der Waals surface area contributed by atoms with Crippen LogP contribution in [0.4, 0.5) is 5.82 Å². The van der Waals surface area contributed by atoms with E-state index in [9.17, 15) is 9.90 Å². The molecule has 1 atom stereocenters. The average molecular weight is 376 g/mol. The molecule has 1 aliphatic heterocycles. The number of amides is 1. The van der Waals surface area contributed by atoms with Crippen molar-refractivity contribution in [2.24, 2.45) is 0 Å². The third kappa shape index (κ3) is 3.15. The number of phenols is 1. The number of hydrogen-bond acceptors (Lipinski definition) is 5. The molecule has 2 heterocycles. The molecule has 6 heteroatoms. The Morgan fingerprint density at radius 2 is 1.96 bits per heavy atom. The molecule has 6 nitrogen and oxygen atoms in total. The van der Waals surface area contributed by atoms with Gasteiger partial charge in [-0.2, -0.15) is 0 Å². The summed E-state index contributed by atoms with van der Waals surface area (Å²) in [5, 5.41) is 11.2. The molecule has 3 aromatic rings. The van der Waals surface area contributed by atoms with Crippen molar-refractivity contribution in [3.05, 3.63) is 48.0 Å². The number of carbonyl (C=O) groups excluding carboxylic acids is 1. The molecule has 1 aliphatic rings. The number of phenolic OH excluding ortho intramolecular Hbond substituents is 1. The summed E-state index contributed by atoms with van der Waals surface area (Å²) in [4.78, 5) is 26.0. The van der Waals surface area contributed by atoms with E-state index in [2.05, 4.69) is 4.90 Å². The number of benzene rings is 2. The number of nitrogens with zero attached hydrogens (tertiary/aromatic N) is 4. The van der Waals surface area contributed by atoms with Crippen molar-refractivity contribution in [3.63, 3.8) is 0 Å². The summed E-state index contributed by atoms with van der Waals surface area (Å²) in [6.07, 6.45) is 1.74. The maximum absolute atomic E-state index is 12.7. The van der Waals surface area contributed by atoms with E-state index < -0.39 is 0 Å². The Morgan fingerprint density at radius 3 is 2.71 bits per heavy atom. The van der Waals surface area contributed by atoms with Crippen molar-refractivity contribution in [2.45, 2.75) is 25.8 Å². The van der Waals surface area contributed by atoms with Gasteiger partial charge in [0.15, 0.2) is 5.82 Å². The van der Waals surface area contributed by atoms with Crippen LogP contribution in [0.25, 0.3) is 22.3 Å². The summed E-state index contributed by atoms with van der Waals surface area (Å²) in [6.45, 7) is 2.79. The molecule has 1 saturated heterocycles. The Labute approximate surface area is 164 Å². The number of fused-ring (bicyclic) bond motifs is 1. The highest BCUT2D eigenvalue weighted by Crippen LogP contribution is 2.35. The van der Waals surface area contributed by atoms with Crippen LogP contribution >= 0.6 is 0 Å². The van der Waals surface area contributed by atoms with E-state index >= 15 is 0 Å². The third-order valence-corrected chi connectivity index (χ3v) is 5.23. The fraction of sp³-hybridized carbons (Fsp3) is 0.318. The smallest absolute Gasteiger partial charge is 0.244 e. The lowest BCUT2D eigenvalue weighted by Crippen LogP contribution is -2.43. The first-order valence-corrected chi connectivity index (χ1v) is 9.50. The lowest BCUT2D eigenvalue weighted by atomic mass is 10.1. The van der Waals surface area contributed by atoms with E-state index in [-0.39, 0.29) is 17.7 Å². The van der Waals surface area contributed by atoms with Gasteiger partial charge in [0.2, 0.25) is 5.91 Å². The first-order valence-electron chi connectivity index (χ1n) is 9.50. The van der Waals surface area contributed by atoms with Gasteiger partial charge in [-0.15, -0.1) is 0 Å². The molecule has 0 aliphatic carbocycles. The SMILES string of the molecule is Cc1ccc2c(N3CCC[C@H]3C(=O)N(C)C)nc(-c3ccccc3O)nc2c1. The second kappa shape index (κ2) is 7.11. The third-order valence-electron chi connectivity index (χ3n) is 5.23. The molecule has 1 fully saturated rings. The number of aryl methyl sites for hydroxylation is 1. The minimum absolute atomic E-state index is 0.0838. The molecule has 2 aromatic carbocycles. The van der Waals surface area contributed by atoms with Gasteiger partial charge in [-0.05, 0) is 49.6 Å². The van der Waals surface area contributed by atoms with Crippen LogP contribution in [-0.2, 0) is 4.79 Å². The summed E-state index contributed by atoms with van der Waals surface area (Å²) in [7, 11) is 3.57. The van der Waals surface area contributed by atoms with Crippen LogP contribution in [0.15, 0.2) is 42.5 Å². The molecule has 0 radical (unpaired) electrons. The fourth-order valence-corrected chi connectivity index (χ4v) is 3.80. The Morgan fingerprint density at radius 1 is 1.18 bits per heavy atom. The maximum Gasteiger partial charge on any atom is 0.244 e. The molecule has 144 valence electrons. The van der Waals surface area contributed by atoms with Crippen molar-refractivity contribution >= 4 is 22.6 Å². The molecule has 0 bridgehead atoms. The van der Waals surface area contributed by atoms with Crippen molar-refractivity contribution in [1.82, 2.24) is 14.9 Å². The quantitative estimate of drug-likeness (QED) is 0.759. The van der Waals surface area contributed by atoms with Crippen molar-refractivity contribution in [3.8, 4) is 17.1 Å². The second-order valence-corrected chi connectivity index (χ2v) is 7.49. The minimum Gasteiger partial charge on any atom is -0.507 e. The molecule has 1 aromatic heterocycles. The molecule has 0 unspecified atom stereocenters. The summed E-state index contributed by atoms with van der Waals surface area (Å²) in [5.74, 6) is 1.44. The lowest BCUT2D eigenvalue weighted by Gasteiger charge is -2.28. The van der Waals surface area contributed by atoms with Gasteiger partial charge in [-0.3, -0.25) is 4.79 Å². The summed E-state index contributed by atoms with van der Waals surface area (Å²) in [6, 6.07) is 12.9. The van der Waals surface area contributed by atoms with Crippen LogP contribution in [0.3, 0.4) is 0 Å². The number of aromatic hydroxyl groups is 1. The highest BCUT2D eigenvalue weighted by molar-refractivity contribution is 5.95. The van der Waals surface area contributed by atoms with E-state index in [1.54, 1.807) is 31.1 Å². The highest BCUT2D eigenvalue weighted by Gasteiger charge is 2.34. The van der Waals surface area contributed by atoms with Gasteiger partial charge >= 0.3 is 0 Å². The van der Waals surface area contributed by atoms with Crippen LogP contribution < -0.4 is 4.90 Å². The molecule has 28 heavy (non-hydrogen) atoms. The van der Waals surface area contributed by atoms with Gasteiger partial charge in [0, 0.05) is 26.0 Å². The standard InChI is InChI=1S/C22H24N4O2/c1-14-10-11-15-17(13-14)23-20(16-7-4-5-9-19(16)27)24-21(15)26-12-6-8-18(26)22(28)25(2)3/h4-5,7,9-11,13,18,27H,6,8,12H2,1-3H3/t18-/m0/s1. The minimum atomic E-state index is -0.230. The molecule has 1 N–H and O–H groups in total. The van der Waals surface area contributed by atoms with Gasteiger partial charge in [-0.25, -0.2) is 9.97 Å². The molecule has 4 rings (SSSR count). The number of rotatable bonds is 3. The molecular weight excluding hydrogens is 352 g/mol. The predicted octanol–water partition coefficient (Wildman–Crippen LogP) is 3.37. The predicted molar refractivity (Wildman–Crippen MR) is 110 cm³/mol. The molecule has 1 amide bonds. The van der Waals surface area contributed by atoms with Crippen molar-refractivity contribution in [2.75, 3.05) is 25.5 Å². The van der Waals surface area contributed by atoms with E-state index in [1.165, 1.54) is 0 Å². The van der Waals surface area contributed by atoms with Crippen molar-refractivity contribution < 1.29 is 9.90 Å². The topological polar surface area (TPSA) is 69.6 Å². The van der Waals surface area contributed by atoms with Gasteiger partial charge in [0.05, 0.1) is 11.1 Å². The Bertz CT molecular complexity index is 1050. The number of likely N-dealkylation sites (N-methyl/N-ethyl adjacent to an activating group) is 1. The monoisotopic (exact) mass is 376 g/mol. The summed E-state index contributed by atoms with van der Waals surface area (Å²) in [5.41, 5.74) is 2.50. The first-order chi connectivity index (χ1) is 13.5. The van der Waals surface area contributed by atoms with Gasteiger partial charge in [0.1, 0.15) is 17.6 Å². The van der Waals surface area contributed by atoms with Crippen LogP contribution in [-0.4, -0.2) is 52.6 Å². The Hall–Kier alpha value is -3.15. The maximum atomic E-state index is 12.7. The molecule has 0 saturated carbocycles. The van der Waals surface area contributed by atoms with E-state index in [1.807, 2.05) is 37.3 Å². The molecule has 0 spiro atoms. The van der Waals surface area contributed by atoms with Crippen molar-refractivity contribution in [1.29, 1.82) is 0 Å². The summed E-state index contributed by atoms with van der Waals surface area (Å²) >= 11 is 0. The first kappa shape index (κ1) is 18.2. The zero-order chi connectivity index (χ0) is 19.8. The largest absolute Gasteiger partial charge is 0.507 e. The number of aromatic nitrogens is 2. The average Bonchev–Trinajstić information content (AvgIpc) is 3.16. The van der Waals surface area contributed by atoms with Crippen LogP contribution in [0.5, 0.6) is 5.75 Å². The zero-order valence-corrected chi connectivity index (χ0v) is 16.4. The van der Waals surface area contributed by atoms with E-state index in [0.717, 1.165) is 41.7 Å². The summed E-state index contributed by atoms with van der Waals surface area (Å²) < 4.78 is 0. The van der Waals surface area contributed by atoms with E-state index in [0.29, 0.717) is 11.4 Å². The normalized spacial score (nSPS) is 16.5. The van der Waals surface area contributed by atoms with Gasteiger partial charge in [-0.1, -0.05) is 18.2 Å². The van der Waals surface area contributed by atoms with Gasteiger partial charge < -0.3 is 14.9 Å². The van der Waals surface area contributed by atoms with Crippen LogP contribution in [0.1, 0.15) is 18.4 Å². The van der Waals surface area contributed by atoms with Crippen LogP contribution in [0.2, 0.25) is 0 Å².